The molecule has 2 heteroatoms. The van der Waals surface area contributed by atoms with Gasteiger partial charge < -0.3 is 5.11 Å². The molecule has 3 atom stereocenters. The molecule has 2 aromatic rings. The van der Waals surface area contributed by atoms with Crippen LogP contribution in [0.2, 0.25) is 13.1 Å². The number of rotatable bonds is 5. The molecule has 0 heterocycles. The van der Waals surface area contributed by atoms with Gasteiger partial charge in [0.1, 0.15) is 8.07 Å². The van der Waals surface area contributed by atoms with Crippen molar-refractivity contribution in [2.45, 2.75) is 57.5 Å². The highest BCUT2D eigenvalue weighted by Gasteiger charge is 2.54. The Hall–Kier alpha value is -1.90. The standard InChI is InChI=1S/C26H32OSi/c1-6-11-18(2)23-17-26(27,24-15-10-9-13-21(23)24)28(4,5)25-16-19(3)20-12-7-8-14-22(20)25/h7-10,12-18,25,27H,6,11H2,1-5H3. The fraction of sp³-hybridized carbons (Fsp3) is 0.385. The van der Waals surface area contributed by atoms with Crippen LogP contribution in [0.25, 0.3) is 11.1 Å². The molecule has 0 aliphatic heterocycles. The largest absolute Gasteiger partial charge is 0.385 e. The fourth-order valence-electron chi connectivity index (χ4n) is 5.37. The number of hydrogen-bond donors (Lipinski definition) is 1. The molecule has 4 rings (SSSR count). The Bertz CT molecular complexity index is 968. The summed E-state index contributed by atoms with van der Waals surface area (Å²) in [6.45, 7) is 11.5. The van der Waals surface area contributed by atoms with Crippen molar-refractivity contribution in [1.29, 1.82) is 0 Å². The second-order valence-electron chi connectivity index (χ2n) is 9.24. The highest BCUT2D eigenvalue weighted by Crippen LogP contribution is 2.53. The topological polar surface area (TPSA) is 20.2 Å². The van der Waals surface area contributed by atoms with E-state index in [9.17, 15) is 5.11 Å². The van der Waals surface area contributed by atoms with Crippen LogP contribution in [-0.2, 0) is 5.22 Å². The van der Waals surface area contributed by atoms with Gasteiger partial charge in [-0.15, -0.1) is 0 Å². The average Bonchev–Trinajstić information content (AvgIpc) is 3.19. The maximum atomic E-state index is 12.3. The Kier molecular flexibility index (Phi) is 4.76. The average molecular weight is 389 g/mol. The van der Waals surface area contributed by atoms with E-state index >= 15 is 0 Å². The van der Waals surface area contributed by atoms with Crippen molar-refractivity contribution in [3.63, 3.8) is 0 Å². The molecule has 0 bridgehead atoms. The van der Waals surface area contributed by atoms with Gasteiger partial charge in [-0.25, -0.2) is 0 Å². The second-order valence-corrected chi connectivity index (χ2v) is 14.1. The van der Waals surface area contributed by atoms with Crippen molar-refractivity contribution in [3.8, 4) is 0 Å². The Labute approximate surface area is 170 Å². The first-order chi connectivity index (χ1) is 13.3. The molecule has 0 radical (unpaired) electrons. The van der Waals surface area contributed by atoms with E-state index in [2.05, 4.69) is 94.5 Å². The van der Waals surface area contributed by atoms with Crippen molar-refractivity contribution in [3.05, 3.63) is 82.9 Å². The lowest BCUT2D eigenvalue weighted by molar-refractivity contribution is 0.168. The normalized spacial score (nSPS) is 24.4. The number of allylic oxidation sites excluding steroid dienone is 3. The molecule has 1 nitrogen and oxygen atoms in total. The molecule has 2 aromatic carbocycles. The SMILES string of the molecule is CCCC(C)C1=CC(O)([Si](C)(C)C2C=C(C)c3ccccc32)c2ccccc21. The van der Waals surface area contributed by atoms with Crippen LogP contribution in [0, 0.1) is 5.92 Å². The highest BCUT2D eigenvalue weighted by atomic mass is 28.3. The maximum Gasteiger partial charge on any atom is 0.107 e. The summed E-state index contributed by atoms with van der Waals surface area (Å²) in [6.07, 6.45) is 6.98. The van der Waals surface area contributed by atoms with Gasteiger partial charge in [0, 0.05) is 5.54 Å². The Morgan fingerprint density at radius 3 is 2.39 bits per heavy atom. The summed E-state index contributed by atoms with van der Waals surface area (Å²) in [5.74, 6) is 0.470. The van der Waals surface area contributed by atoms with Gasteiger partial charge in [-0.2, -0.15) is 0 Å². The van der Waals surface area contributed by atoms with Gasteiger partial charge in [0.25, 0.3) is 0 Å². The molecule has 3 unspecified atom stereocenters. The van der Waals surface area contributed by atoms with Crippen LogP contribution >= 0.6 is 0 Å². The van der Waals surface area contributed by atoms with Gasteiger partial charge in [-0.3, -0.25) is 0 Å². The number of benzene rings is 2. The number of fused-ring (bicyclic) bond motifs is 2. The summed E-state index contributed by atoms with van der Waals surface area (Å²) in [7, 11) is -2.21. The zero-order valence-corrected chi connectivity index (χ0v) is 18.8. The third-order valence-electron chi connectivity index (χ3n) is 7.16. The second kappa shape index (κ2) is 6.86. The van der Waals surface area contributed by atoms with Crippen molar-refractivity contribution < 1.29 is 5.11 Å². The molecule has 0 spiro atoms. The van der Waals surface area contributed by atoms with Gasteiger partial charge in [-0.1, -0.05) is 88.0 Å². The lowest BCUT2D eigenvalue weighted by atomic mass is 9.92. The molecule has 28 heavy (non-hydrogen) atoms. The van der Waals surface area contributed by atoms with E-state index in [1.807, 2.05) is 0 Å². The minimum absolute atomic E-state index is 0.318. The smallest absolute Gasteiger partial charge is 0.107 e. The summed E-state index contributed by atoms with van der Waals surface area (Å²) in [4.78, 5) is 0. The van der Waals surface area contributed by atoms with Crippen LogP contribution < -0.4 is 0 Å². The summed E-state index contributed by atoms with van der Waals surface area (Å²) < 4.78 is 0. The van der Waals surface area contributed by atoms with E-state index in [0.29, 0.717) is 11.5 Å². The zero-order chi connectivity index (χ0) is 20.1. The van der Waals surface area contributed by atoms with E-state index in [0.717, 1.165) is 18.4 Å². The molecule has 146 valence electrons. The van der Waals surface area contributed by atoms with Crippen LogP contribution in [0.5, 0.6) is 0 Å². The number of hydrogen-bond acceptors (Lipinski definition) is 1. The molecule has 2 aliphatic carbocycles. The van der Waals surface area contributed by atoms with Crippen LogP contribution in [-0.4, -0.2) is 13.2 Å². The summed E-state index contributed by atoms with van der Waals surface area (Å²) in [6, 6.07) is 17.3. The van der Waals surface area contributed by atoms with Crippen molar-refractivity contribution >= 4 is 19.2 Å². The van der Waals surface area contributed by atoms with Gasteiger partial charge in [0.2, 0.25) is 0 Å². The third kappa shape index (κ3) is 2.69. The summed E-state index contributed by atoms with van der Waals surface area (Å²) in [5.41, 5.74) is 8.14. The molecular formula is C26H32OSi. The molecule has 0 amide bonds. The van der Waals surface area contributed by atoms with Crippen molar-refractivity contribution in [2.75, 3.05) is 0 Å². The minimum Gasteiger partial charge on any atom is -0.385 e. The number of aliphatic hydroxyl groups is 1. The summed E-state index contributed by atoms with van der Waals surface area (Å²) in [5, 5.41) is 11.4. The highest BCUT2D eigenvalue weighted by molar-refractivity contribution is 6.82. The molecule has 0 fully saturated rings. The first-order valence-electron chi connectivity index (χ1n) is 10.6. The van der Waals surface area contributed by atoms with E-state index in [1.54, 1.807) is 0 Å². The minimum atomic E-state index is -2.21. The van der Waals surface area contributed by atoms with Gasteiger partial charge in [-0.05, 0) is 58.7 Å². The van der Waals surface area contributed by atoms with Crippen LogP contribution in [0.3, 0.4) is 0 Å². The lowest BCUT2D eigenvalue weighted by Crippen LogP contribution is -2.53. The molecule has 0 aromatic heterocycles. The molecule has 0 saturated heterocycles. The zero-order valence-electron chi connectivity index (χ0n) is 17.8. The predicted molar refractivity (Wildman–Crippen MR) is 123 cm³/mol. The molecule has 1 N–H and O–H groups in total. The Morgan fingerprint density at radius 2 is 1.68 bits per heavy atom. The van der Waals surface area contributed by atoms with Crippen molar-refractivity contribution in [1.82, 2.24) is 0 Å². The van der Waals surface area contributed by atoms with Crippen LogP contribution in [0.4, 0.5) is 0 Å². The lowest BCUT2D eigenvalue weighted by Gasteiger charge is -2.42. The maximum absolute atomic E-state index is 12.3. The molecular weight excluding hydrogens is 356 g/mol. The monoisotopic (exact) mass is 388 g/mol. The molecule has 2 aliphatic rings. The van der Waals surface area contributed by atoms with E-state index in [4.69, 9.17) is 0 Å². The van der Waals surface area contributed by atoms with E-state index < -0.39 is 13.3 Å². The quantitative estimate of drug-likeness (QED) is 0.565. The van der Waals surface area contributed by atoms with Crippen molar-refractivity contribution in [2.24, 2.45) is 5.92 Å². The molecule has 0 saturated carbocycles. The van der Waals surface area contributed by atoms with Gasteiger partial charge in [0.15, 0.2) is 0 Å². The van der Waals surface area contributed by atoms with Gasteiger partial charge >= 0.3 is 0 Å². The first kappa shape index (κ1) is 19.4. The van der Waals surface area contributed by atoms with E-state index in [-0.39, 0.29) is 0 Å². The Balaban J connectivity index is 1.86. The first-order valence-corrected chi connectivity index (χ1v) is 13.7. The fourth-order valence-corrected chi connectivity index (χ4v) is 8.98. The van der Waals surface area contributed by atoms with E-state index in [1.165, 1.54) is 27.8 Å². The predicted octanol–water partition coefficient (Wildman–Crippen LogP) is 6.69. The van der Waals surface area contributed by atoms with Crippen LogP contribution in [0.15, 0.2) is 60.7 Å². The van der Waals surface area contributed by atoms with Gasteiger partial charge in [0.05, 0.1) is 5.22 Å². The third-order valence-corrected chi connectivity index (χ3v) is 11.6. The Morgan fingerprint density at radius 1 is 1.04 bits per heavy atom. The summed E-state index contributed by atoms with van der Waals surface area (Å²) >= 11 is 0. The van der Waals surface area contributed by atoms with Crippen LogP contribution in [0.1, 0.15) is 61.4 Å².